The third-order valence-electron chi connectivity index (χ3n) is 5.94. The normalized spacial score (nSPS) is 22.7. The van der Waals surface area contributed by atoms with E-state index in [1.165, 1.54) is 4.90 Å². The number of fused-ring (bicyclic) bond motifs is 1. The lowest BCUT2D eigenvalue weighted by Crippen LogP contribution is -2.37. The molecule has 3 aromatic carbocycles. The van der Waals surface area contributed by atoms with E-state index in [-0.39, 0.29) is 11.8 Å². The van der Waals surface area contributed by atoms with Crippen LogP contribution in [-0.2, 0) is 14.4 Å². The van der Waals surface area contributed by atoms with Crippen molar-refractivity contribution < 1.29 is 19.2 Å². The Morgan fingerprint density at radius 1 is 0.839 bits per heavy atom. The van der Waals surface area contributed by atoms with E-state index >= 15 is 0 Å². The number of ether oxygens (including phenoxy) is 1. The molecular weight excluding hydrogens is 392 g/mol. The lowest BCUT2D eigenvalue weighted by atomic mass is 9.90. The summed E-state index contributed by atoms with van der Waals surface area (Å²) in [5.74, 6) is -0.655. The Bertz CT molecular complexity index is 1150. The van der Waals surface area contributed by atoms with Gasteiger partial charge in [-0.15, -0.1) is 0 Å². The molecule has 0 aliphatic carbocycles. The molecule has 0 bridgehead atoms. The highest BCUT2D eigenvalue weighted by molar-refractivity contribution is 6.24. The van der Waals surface area contributed by atoms with Gasteiger partial charge in [0.1, 0.15) is 11.7 Å². The molecule has 3 atom stereocenters. The Hall–Kier alpha value is -3.64. The molecule has 0 aromatic heterocycles. The van der Waals surface area contributed by atoms with Crippen LogP contribution in [0.25, 0.3) is 0 Å². The molecule has 2 heterocycles. The van der Waals surface area contributed by atoms with Crippen molar-refractivity contribution in [2.24, 2.45) is 5.92 Å². The second-order valence-electron chi connectivity index (χ2n) is 7.70. The van der Waals surface area contributed by atoms with Crippen molar-refractivity contribution >= 4 is 23.2 Å². The first kappa shape index (κ1) is 19.3. The quantitative estimate of drug-likeness (QED) is 0.603. The molecule has 2 aliphatic rings. The van der Waals surface area contributed by atoms with Gasteiger partial charge in [0.15, 0.2) is 6.10 Å². The summed E-state index contributed by atoms with van der Waals surface area (Å²) in [5, 5.41) is 1.68. The summed E-state index contributed by atoms with van der Waals surface area (Å²) in [5.41, 5.74) is 3.03. The van der Waals surface area contributed by atoms with E-state index in [0.29, 0.717) is 11.4 Å². The zero-order valence-corrected chi connectivity index (χ0v) is 17.3. The van der Waals surface area contributed by atoms with Gasteiger partial charge in [-0.3, -0.25) is 14.4 Å². The summed E-state index contributed by atoms with van der Waals surface area (Å²) < 4.78 is 5.59. The Labute approximate surface area is 180 Å². The number of carbonyl (C=O) groups is 2. The minimum atomic E-state index is -0.901. The number of nitrogens with zero attached hydrogens (tertiary/aromatic N) is 2. The van der Waals surface area contributed by atoms with E-state index in [0.717, 1.165) is 16.8 Å². The lowest BCUT2D eigenvalue weighted by Gasteiger charge is -2.29. The smallest absolute Gasteiger partial charge is 0.266 e. The Morgan fingerprint density at radius 3 is 2.26 bits per heavy atom. The Morgan fingerprint density at radius 2 is 1.52 bits per heavy atom. The second-order valence-corrected chi connectivity index (χ2v) is 7.70. The first-order chi connectivity index (χ1) is 15.1. The number of hydrogen-bond acceptors (Lipinski definition) is 5. The molecule has 6 nitrogen and oxygen atoms in total. The van der Waals surface area contributed by atoms with Crippen LogP contribution in [0.2, 0.25) is 0 Å². The summed E-state index contributed by atoms with van der Waals surface area (Å²) in [6, 6.07) is 23.9. The van der Waals surface area contributed by atoms with Crippen LogP contribution >= 0.6 is 0 Å². The van der Waals surface area contributed by atoms with Gasteiger partial charge in [0, 0.05) is 5.56 Å². The average molecular weight is 414 g/mol. The van der Waals surface area contributed by atoms with Crippen molar-refractivity contribution in [1.82, 2.24) is 0 Å². The van der Waals surface area contributed by atoms with Gasteiger partial charge in [0.25, 0.3) is 5.91 Å². The second kappa shape index (κ2) is 7.56. The van der Waals surface area contributed by atoms with Crippen molar-refractivity contribution in [1.29, 1.82) is 0 Å². The summed E-state index contributed by atoms with van der Waals surface area (Å²) in [6.07, 6.45) is -0.901. The molecule has 0 unspecified atom stereocenters. The fourth-order valence-corrected chi connectivity index (χ4v) is 4.49. The third kappa shape index (κ3) is 2.99. The predicted molar refractivity (Wildman–Crippen MR) is 117 cm³/mol. The van der Waals surface area contributed by atoms with Crippen LogP contribution < -0.4 is 14.7 Å². The number of hydrogen-bond donors (Lipinski definition) is 0. The van der Waals surface area contributed by atoms with Gasteiger partial charge in [-0.25, -0.2) is 9.96 Å². The molecule has 3 aromatic rings. The van der Waals surface area contributed by atoms with E-state index in [4.69, 9.17) is 9.57 Å². The Balaban J connectivity index is 1.63. The molecular formula is C25H22N2O4. The van der Waals surface area contributed by atoms with Crippen molar-refractivity contribution in [3.8, 4) is 5.75 Å². The maximum absolute atomic E-state index is 13.7. The predicted octanol–water partition coefficient (Wildman–Crippen LogP) is 4.05. The van der Waals surface area contributed by atoms with Gasteiger partial charge in [0.2, 0.25) is 5.91 Å². The summed E-state index contributed by atoms with van der Waals surface area (Å²) in [4.78, 5) is 34.5. The van der Waals surface area contributed by atoms with Crippen LogP contribution in [0, 0.1) is 12.8 Å². The topological polar surface area (TPSA) is 59.1 Å². The number of methoxy groups -OCH3 is 1. The van der Waals surface area contributed by atoms with Gasteiger partial charge in [-0.05, 0) is 36.8 Å². The van der Waals surface area contributed by atoms with E-state index in [1.54, 1.807) is 18.2 Å². The molecule has 0 spiro atoms. The minimum Gasteiger partial charge on any atom is -0.496 e. The van der Waals surface area contributed by atoms with Crippen LogP contribution in [0.15, 0.2) is 78.9 Å². The first-order valence-electron chi connectivity index (χ1n) is 10.2. The largest absolute Gasteiger partial charge is 0.496 e. The minimum absolute atomic E-state index is 0.265. The fourth-order valence-electron chi connectivity index (χ4n) is 4.49. The van der Waals surface area contributed by atoms with E-state index < -0.39 is 18.1 Å². The number of hydroxylamine groups is 1. The first-order valence-corrected chi connectivity index (χ1v) is 10.2. The molecule has 0 saturated carbocycles. The van der Waals surface area contributed by atoms with Crippen LogP contribution in [0.1, 0.15) is 17.2 Å². The number of para-hydroxylation sites is 3. The molecule has 2 aliphatic heterocycles. The lowest BCUT2D eigenvalue weighted by molar-refractivity contribution is -0.126. The van der Waals surface area contributed by atoms with Crippen molar-refractivity contribution in [2.75, 3.05) is 17.1 Å². The number of amides is 2. The molecule has 5 rings (SSSR count). The third-order valence-corrected chi connectivity index (χ3v) is 5.94. The van der Waals surface area contributed by atoms with Gasteiger partial charge in [0.05, 0.1) is 24.5 Å². The fraction of sp³-hybridized carbons (Fsp3) is 0.200. The maximum Gasteiger partial charge on any atom is 0.266 e. The molecule has 2 fully saturated rings. The van der Waals surface area contributed by atoms with Crippen LogP contribution in [-0.4, -0.2) is 25.0 Å². The van der Waals surface area contributed by atoms with Gasteiger partial charge in [-0.2, -0.15) is 0 Å². The highest BCUT2D eigenvalue weighted by Crippen LogP contribution is 2.49. The van der Waals surface area contributed by atoms with E-state index in [9.17, 15) is 9.59 Å². The summed E-state index contributed by atoms with van der Waals surface area (Å²) >= 11 is 0. The zero-order valence-electron chi connectivity index (χ0n) is 17.3. The van der Waals surface area contributed by atoms with Gasteiger partial charge >= 0.3 is 0 Å². The number of benzene rings is 3. The standard InChI is InChI=1S/C25H22N2O4/c1-16-10-6-8-14-19(16)26-24(28)21-22(18-13-7-9-15-20(18)30-2)27(31-23(21)25(26)29)17-11-4-3-5-12-17/h3-15,21-23H,1-2H3/t21-,22+,23+/m0/s1. The van der Waals surface area contributed by atoms with Crippen LogP contribution in [0.4, 0.5) is 11.4 Å². The number of aryl methyl sites for hydroxylation is 1. The molecule has 156 valence electrons. The Kier molecular flexibility index (Phi) is 4.71. The molecule has 2 saturated heterocycles. The molecule has 31 heavy (non-hydrogen) atoms. The number of carbonyl (C=O) groups excluding carboxylic acids is 2. The van der Waals surface area contributed by atoms with Crippen molar-refractivity contribution in [2.45, 2.75) is 19.1 Å². The zero-order chi connectivity index (χ0) is 21.5. The maximum atomic E-state index is 13.7. The number of imide groups is 1. The summed E-state index contributed by atoms with van der Waals surface area (Å²) in [7, 11) is 1.60. The SMILES string of the molecule is COc1ccccc1[C@@H]1[C@@H]2C(=O)N(c3ccccc3C)C(=O)[C@@H]2ON1c1ccccc1. The highest BCUT2D eigenvalue weighted by atomic mass is 16.7. The molecule has 2 amide bonds. The van der Waals surface area contributed by atoms with Crippen LogP contribution in [0.3, 0.4) is 0 Å². The highest BCUT2D eigenvalue weighted by Gasteiger charge is 2.60. The number of rotatable bonds is 4. The van der Waals surface area contributed by atoms with E-state index in [2.05, 4.69) is 0 Å². The monoisotopic (exact) mass is 414 g/mol. The molecule has 6 heteroatoms. The van der Waals surface area contributed by atoms with Gasteiger partial charge in [-0.1, -0.05) is 54.6 Å². The van der Waals surface area contributed by atoms with Crippen molar-refractivity contribution in [3.63, 3.8) is 0 Å². The summed E-state index contributed by atoms with van der Waals surface area (Å²) in [6.45, 7) is 1.89. The molecule has 0 N–H and O–H groups in total. The molecule has 0 radical (unpaired) electrons. The van der Waals surface area contributed by atoms with Gasteiger partial charge < -0.3 is 4.74 Å². The number of anilines is 2. The van der Waals surface area contributed by atoms with Crippen LogP contribution in [0.5, 0.6) is 5.75 Å². The van der Waals surface area contributed by atoms with Crippen molar-refractivity contribution in [3.05, 3.63) is 90.0 Å². The van der Waals surface area contributed by atoms with E-state index in [1.807, 2.05) is 79.7 Å². The average Bonchev–Trinajstić information content (AvgIpc) is 3.31.